The van der Waals surface area contributed by atoms with Crippen molar-refractivity contribution in [3.63, 3.8) is 0 Å². The topological polar surface area (TPSA) is 0 Å². The first kappa shape index (κ1) is 20.0. The summed E-state index contributed by atoms with van der Waals surface area (Å²) in [7, 11) is 0. The summed E-state index contributed by atoms with van der Waals surface area (Å²) >= 11 is 0. The first-order valence-electron chi connectivity index (χ1n) is 9.63. The lowest BCUT2D eigenvalue weighted by molar-refractivity contribution is -0.0163. The molecule has 2 atom stereocenters. The van der Waals surface area contributed by atoms with E-state index in [9.17, 15) is 0 Å². The van der Waals surface area contributed by atoms with E-state index in [1.165, 1.54) is 25.7 Å². The highest BCUT2D eigenvalue weighted by Gasteiger charge is 2.53. The first-order chi connectivity index (χ1) is 9.63. The Morgan fingerprint density at radius 3 is 1.05 bits per heavy atom. The van der Waals surface area contributed by atoms with Crippen molar-refractivity contribution < 1.29 is 0 Å². The predicted molar refractivity (Wildman–Crippen MR) is 101 cm³/mol. The van der Waals surface area contributed by atoms with Gasteiger partial charge in [0, 0.05) is 0 Å². The molecule has 2 saturated carbocycles. The first-order valence-corrected chi connectivity index (χ1v) is 9.63. The molecular formula is C22H44. The molecular weight excluding hydrogens is 264 g/mol. The van der Waals surface area contributed by atoms with Crippen molar-refractivity contribution in [1.82, 2.24) is 0 Å². The minimum absolute atomic E-state index is 0.524. The van der Waals surface area contributed by atoms with E-state index < -0.39 is 0 Å². The third-order valence-corrected chi connectivity index (χ3v) is 6.89. The predicted octanol–water partition coefficient (Wildman–Crippen LogP) is 7.57. The zero-order valence-corrected chi connectivity index (χ0v) is 17.6. The van der Waals surface area contributed by atoms with Gasteiger partial charge in [0.2, 0.25) is 0 Å². The molecule has 2 aliphatic carbocycles. The standard InChI is InChI=1S/C12H24.C10H20/c1-11(2,3)9-7-8-10(9)12(4,5)6;1-8(2)10(6-7-10)9(3,4)5/h9-10H,7-8H2,1-6H3;8H,6-7H2,1-5H3. The Kier molecular flexibility index (Phi) is 5.59. The van der Waals surface area contributed by atoms with E-state index in [4.69, 9.17) is 0 Å². The zero-order valence-electron chi connectivity index (χ0n) is 17.6. The quantitative estimate of drug-likeness (QED) is 0.468. The Morgan fingerprint density at radius 1 is 0.682 bits per heavy atom. The molecule has 0 saturated heterocycles. The summed E-state index contributed by atoms with van der Waals surface area (Å²) < 4.78 is 0. The van der Waals surface area contributed by atoms with Gasteiger partial charge in [-0.05, 0) is 65.1 Å². The van der Waals surface area contributed by atoms with Crippen LogP contribution in [0.2, 0.25) is 0 Å². The lowest BCUT2D eigenvalue weighted by Gasteiger charge is -2.51. The van der Waals surface area contributed by atoms with E-state index in [0.717, 1.165) is 17.8 Å². The van der Waals surface area contributed by atoms with Gasteiger partial charge in [0.1, 0.15) is 0 Å². The normalized spacial score (nSPS) is 27.8. The third kappa shape index (κ3) is 4.30. The van der Waals surface area contributed by atoms with Gasteiger partial charge in [-0.3, -0.25) is 0 Å². The van der Waals surface area contributed by atoms with E-state index >= 15 is 0 Å². The van der Waals surface area contributed by atoms with Gasteiger partial charge < -0.3 is 0 Å². The number of rotatable bonds is 1. The van der Waals surface area contributed by atoms with Crippen LogP contribution in [-0.2, 0) is 0 Å². The fourth-order valence-electron chi connectivity index (χ4n) is 4.90. The summed E-state index contributed by atoms with van der Waals surface area (Å²) in [5, 5.41) is 0. The third-order valence-electron chi connectivity index (χ3n) is 6.89. The molecule has 2 unspecified atom stereocenters. The lowest BCUT2D eigenvalue weighted by atomic mass is 9.54. The van der Waals surface area contributed by atoms with Crippen LogP contribution in [0.25, 0.3) is 0 Å². The Labute approximate surface area is 141 Å². The molecule has 2 rings (SSSR count). The van der Waals surface area contributed by atoms with Crippen molar-refractivity contribution in [2.24, 2.45) is 39.4 Å². The van der Waals surface area contributed by atoms with Crippen molar-refractivity contribution in [1.29, 1.82) is 0 Å². The molecule has 132 valence electrons. The molecule has 0 nitrogen and oxygen atoms in total. The Balaban J connectivity index is 0.000000224. The zero-order chi connectivity index (χ0) is 17.6. The van der Waals surface area contributed by atoms with Gasteiger partial charge in [0.25, 0.3) is 0 Å². The Bertz CT molecular complexity index is 329. The summed E-state index contributed by atoms with van der Waals surface area (Å²) in [4.78, 5) is 0. The van der Waals surface area contributed by atoms with Gasteiger partial charge in [0.15, 0.2) is 0 Å². The molecule has 0 N–H and O–H groups in total. The summed E-state index contributed by atoms with van der Waals surface area (Å²) in [6.07, 6.45) is 5.80. The number of hydrogen-bond acceptors (Lipinski definition) is 0. The molecule has 0 amide bonds. The van der Waals surface area contributed by atoms with Gasteiger partial charge in [0.05, 0.1) is 0 Å². The number of hydrogen-bond donors (Lipinski definition) is 0. The molecule has 0 spiro atoms. The van der Waals surface area contributed by atoms with Crippen LogP contribution in [0.1, 0.15) is 102 Å². The molecule has 2 fully saturated rings. The highest BCUT2D eigenvalue weighted by molar-refractivity contribution is 5.03. The van der Waals surface area contributed by atoms with Crippen molar-refractivity contribution in [3.05, 3.63) is 0 Å². The van der Waals surface area contributed by atoms with Crippen LogP contribution >= 0.6 is 0 Å². The summed E-state index contributed by atoms with van der Waals surface area (Å²) in [5.74, 6) is 2.78. The van der Waals surface area contributed by atoms with Crippen LogP contribution in [-0.4, -0.2) is 0 Å². The van der Waals surface area contributed by atoms with Gasteiger partial charge >= 0.3 is 0 Å². The summed E-state index contributed by atoms with van der Waals surface area (Å²) in [5.41, 5.74) is 2.26. The fraction of sp³-hybridized carbons (Fsp3) is 1.00. The van der Waals surface area contributed by atoms with Crippen LogP contribution in [0, 0.1) is 39.4 Å². The maximum atomic E-state index is 2.38. The van der Waals surface area contributed by atoms with Crippen LogP contribution in [0.3, 0.4) is 0 Å². The summed E-state index contributed by atoms with van der Waals surface area (Å²) in [6.45, 7) is 26.2. The highest BCUT2D eigenvalue weighted by Crippen LogP contribution is 2.62. The van der Waals surface area contributed by atoms with Gasteiger partial charge in [-0.1, -0.05) is 76.2 Å². The van der Waals surface area contributed by atoms with E-state index in [-0.39, 0.29) is 0 Å². The average molecular weight is 309 g/mol. The second-order valence-electron chi connectivity index (χ2n) is 11.6. The maximum absolute atomic E-state index is 2.38. The second-order valence-corrected chi connectivity index (χ2v) is 11.6. The molecule has 0 heteroatoms. The molecule has 0 aromatic carbocycles. The van der Waals surface area contributed by atoms with Crippen molar-refractivity contribution >= 4 is 0 Å². The minimum atomic E-state index is 0.524. The molecule has 0 aliphatic heterocycles. The second kappa shape index (κ2) is 6.14. The van der Waals surface area contributed by atoms with E-state index in [0.29, 0.717) is 21.7 Å². The van der Waals surface area contributed by atoms with Crippen LogP contribution in [0.5, 0.6) is 0 Å². The van der Waals surface area contributed by atoms with Gasteiger partial charge in [-0.25, -0.2) is 0 Å². The smallest absolute Gasteiger partial charge is 0.0225 e. The Hall–Kier alpha value is 0. The van der Waals surface area contributed by atoms with Gasteiger partial charge in [-0.2, -0.15) is 0 Å². The van der Waals surface area contributed by atoms with E-state index in [1.54, 1.807) is 0 Å². The van der Waals surface area contributed by atoms with Crippen LogP contribution in [0.15, 0.2) is 0 Å². The fourth-order valence-corrected chi connectivity index (χ4v) is 4.90. The van der Waals surface area contributed by atoms with E-state index in [2.05, 4.69) is 76.2 Å². The largest absolute Gasteiger partial charge is 0.0622 e. The van der Waals surface area contributed by atoms with Crippen molar-refractivity contribution in [3.8, 4) is 0 Å². The molecule has 22 heavy (non-hydrogen) atoms. The Morgan fingerprint density at radius 2 is 1.00 bits per heavy atom. The highest BCUT2D eigenvalue weighted by atomic mass is 14.6. The van der Waals surface area contributed by atoms with Crippen molar-refractivity contribution in [2.75, 3.05) is 0 Å². The summed E-state index contributed by atoms with van der Waals surface area (Å²) in [6, 6.07) is 0. The molecule has 0 radical (unpaired) electrons. The molecule has 0 aromatic heterocycles. The molecule has 0 heterocycles. The molecule has 0 bridgehead atoms. The molecule has 0 aromatic rings. The maximum Gasteiger partial charge on any atom is -0.0225 e. The monoisotopic (exact) mass is 308 g/mol. The average Bonchev–Trinajstić information content (AvgIpc) is 2.87. The minimum Gasteiger partial charge on any atom is -0.0622 e. The lowest BCUT2D eigenvalue weighted by Crippen LogP contribution is -2.43. The SMILES string of the molecule is CC(C)(C)C1CCC1C(C)(C)C.CC(C)C1(C(C)(C)C)CC1. The van der Waals surface area contributed by atoms with E-state index in [1.807, 2.05) is 0 Å². The van der Waals surface area contributed by atoms with Crippen molar-refractivity contribution in [2.45, 2.75) is 102 Å². The molecule has 2 aliphatic rings. The van der Waals surface area contributed by atoms with Crippen LogP contribution < -0.4 is 0 Å². The van der Waals surface area contributed by atoms with Crippen LogP contribution in [0.4, 0.5) is 0 Å². The van der Waals surface area contributed by atoms with Gasteiger partial charge in [-0.15, -0.1) is 0 Å².